The molecule has 7 nitrogen and oxygen atoms in total. The Bertz CT molecular complexity index is 587. The molecule has 2 aromatic rings. The first kappa shape index (κ1) is 12.1. The van der Waals surface area contributed by atoms with Gasteiger partial charge < -0.3 is 9.84 Å². The molecular weight excluding hydrogens is 270 g/mol. The number of hydrogen-bond acceptors (Lipinski definition) is 6. The predicted octanol–water partition coefficient (Wildman–Crippen LogP) is 0.546. The number of pyridine rings is 1. The summed E-state index contributed by atoms with van der Waals surface area (Å²) in [5.41, 5.74) is 0.583. The number of piperazine rings is 1. The van der Waals surface area contributed by atoms with Crippen LogP contribution in [0, 0.1) is 0 Å². The molecule has 0 aromatic carbocycles. The van der Waals surface area contributed by atoms with Crippen LogP contribution in [0.5, 0.6) is 0 Å². The van der Waals surface area contributed by atoms with Crippen LogP contribution in [0.4, 0.5) is 0 Å². The van der Waals surface area contributed by atoms with Crippen molar-refractivity contribution in [3.63, 3.8) is 0 Å². The van der Waals surface area contributed by atoms with E-state index in [0.717, 1.165) is 0 Å². The van der Waals surface area contributed by atoms with E-state index in [0.29, 0.717) is 29.0 Å². The highest BCUT2D eigenvalue weighted by atomic mass is 35.5. The lowest BCUT2D eigenvalue weighted by molar-refractivity contribution is -0.121. The number of aromatic nitrogens is 3. The van der Waals surface area contributed by atoms with Crippen molar-refractivity contribution < 1.29 is 9.32 Å². The SMILES string of the molecule is O=C1CNC(c2nc(-c3ccc(Cl)cn3)no2)CN1. The van der Waals surface area contributed by atoms with Gasteiger partial charge in [0.15, 0.2) is 0 Å². The van der Waals surface area contributed by atoms with Crippen molar-refractivity contribution in [2.45, 2.75) is 6.04 Å². The van der Waals surface area contributed by atoms with Gasteiger partial charge in [-0.2, -0.15) is 4.98 Å². The molecule has 1 fully saturated rings. The third-order valence-corrected chi connectivity index (χ3v) is 2.93. The average Bonchev–Trinajstić information content (AvgIpc) is 2.90. The standard InChI is InChI=1S/C11H10ClN5O2/c12-6-1-2-7(13-3-6)10-16-11(19-17-10)8-4-15-9(18)5-14-8/h1-3,8,14H,4-5H2,(H,15,18). The molecule has 3 rings (SSSR count). The van der Waals surface area contributed by atoms with E-state index in [9.17, 15) is 4.79 Å². The molecule has 0 bridgehead atoms. The van der Waals surface area contributed by atoms with E-state index >= 15 is 0 Å². The van der Waals surface area contributed by atoms with Gasteiger partial charge in [-0.05, 0) is 12.1 Å². The Hall–Kier alpha value is -1.99. The molecule has 2 N–H and O–H groups in total. The van der Waals surface area contributed by atoms with Crippen LogP contribution in [-0.4, -0.2) is 34.1 Å². The van der Waals surface area contributed by atoms with Gasteiger partial charge in [0.2, 0.25) is 17.6 Å². The lowest BCUT2D eigenvalue weighted by atomic mass is 10.2. The summed E-state index contributed by atoms with van der Waals surface area (Å²) in [5, 5.41) is 10.1. The minimum absolute atomic E-state index is 0.0460. The molecule has 1 aliphatic rings. The summed E-state index contributed by atoms with van der Waals surface area (Å²) in [6.07, 6.45) is 1.52. The fourth-order valence-corrected chi connectivity index (χ4v) is 1.84. The number of nitrogens with one attached hydrogen (secondary N) is 2. The Labute approximate surface area is 113 Å². The van der Waals surface area contributed by atoms with Crippen LogP contribution in [0.1, 0.15) is 11.9 Å². The zero-order valence-electron chi connectivity index (χ0n) is 9.76. The Morgan fingerprint density at radius 2 is 2.32 bits per heavy atom. The summed E-state index contributed by atoms with van der Waals surface area (Å²) in [6.45, 7) is 0.663. The van der Waals surface area contributed by atoms with Crippen LogP contribution in [0.2, 0.25) is 5.02 Å². The molecule has 0 radical (unpaired) electrons. The lowest BCUT2D eigenvalue weighted by Crippen LogP contribution is -2.47. The van der Waals surface area contributed by atoms with Gasteiger partial charge in [-0.1, -0.05) is 16.8 Å². The zero-order chi connectivity index (χ0) is 13.2. The molecule has 19 heavy (non-hydrogen) atoms. The molecule has 8 heteroatoms. The van der Waals surface area contributed by atoms with Gasteiger partial charge >= 0.3 is 0 Å². The molecule has 1 saturated heterocycles. The molecule has 1 atom stereocenters. The largest absolute Gasteiger partial charge is 0.353 e. The highest BCUT2D eigenvalue weighted by Gasteiger charge is 2.24. The quantitative estimate of drug-likeness (QED) is 0.834. The number of rotatable bonds is 2. The minimum Gasteiger partial charge on any atom is -0.353 e. The summed E-state index contributed by atoms with van der Waals surface area (Å²) >= 11 is 5.76. The second-order valence-electron chi connectivity index (χ2n) is 4.06. The third-order valence-electron chi connectivity index (χ3n) is 2.71. The van der Waals surface area contributed by atoms with Crippen molar-refractivity contribution in [3.05, 3.63) is 29.2 Å². The highest BCUT2D eigenvalue weighted by molar-refractivity contribution is 6.30. The Kier molecular flexibility index (Phi) is 3.14. The number of hydrogen-bond donors (Lipinski definition) is 2. The van der Waals surface area contributed by atoms with Gasteiger partial charge in [0.05, 0.1) is 11.6 Å². The monoisotopic (exact) mass is 279 g/mol. The normalized spacial score (nSPS) is 19.2. The summed E-state index contributed by atoms with van der Waals surface area (Å²) < 4.78 is 5.18. The number of carbonyl (C=O) groups is 1. The van der Waals surface area contributed by atoms with Crippen molar-refractivity contribution in [1.29, 1.82) is 0 Å². The molecule has 3 heterocycles. The van der Waals surface area contributed by atoms with E-state index in [2.05, 4.69) is 25.8 Å². The van der Waals surface area contributed by atoms with Crippen LogP contribution >= 0.6 is 11.6 Å². The molecule has 0 spiro atoms. The van der Waals surface area contributed by atoms with Crippen LogP contribution < -0.4 is 10.6 Å². The fourth-order valence-electron chi connectivity index (χ4n) is 1.73. The first-order chi connectivity index (χ1) is 9.22. The summed E-state index contributed by atoms with van der Waals surface area (Å²) in [4.78, 5) is 19.4. The Morgan fingerprint density at radius 3 is 3.00 bits per heavy atom. The van der Waals surface area contributed by atoms with E-state index in [1.807, 2.05) is 0 Å². The van der Waals surface area contributed by atoms with E-state index in [1.165, 1.54) is 6.20 Å². The maximum absolute atomic E-state index is 11.0. The highest BCUT2D eigenvalue weighted by Crippen LogP contribution is 2.18. The van der Waals surface area contributed by atoms with Crippen LogP contribution in [0.15, 0.2) is 22.9 Å². The summed E-state index contributed by atoms with van der Waals surface area (Å²) in [7, 11) is 0. The van der Waals surface area contributed by atoms with Crippen molar-refractivity contribution >= 4 is 17.5 Å². The predicted molar refractivity (Wildman–Crippen MR) is 66.3 cm³/mol. The Balaban J connectivity index is 1.79. The van der Waals surface area contributed by atoms with Crippen molar-refractivity contribution in [2.75, 3.05) is 13.1 Å². The number of nitrogens with zero attached hydrogens (tertiary/aromatic N) is 3. The lowest BCUT2D eigenvalue weighted by Gasteiger charge is -2.20. The topological polar surface area (TPSA) is 92.9 Å². The van der Waals surface area contributed by atoms with Gasteiger partial charge in [0, 0.05) is 12.7 Å². The smallest absolute Gasteiger partial charge is 0.245 e. The van der Waals surface area contributed by atoms with Gasteiger partial charge in [0.1, 0.15) is 11.7 Å². The molecule has 0 saturated carbocycles. The van der Waals surface area contributed by atoms with Crippen LogP contribution in [-0.2, 0) is 4.79 Å². The number of amides is 1. The van der Waals surface area contributed by atoms with Crippen LogP contribution in [0.25, 0.3) is 11.5 Å². The summed E-state index contributed by atoms with van der Waals surface area (Å²) in [5.74, 6) is 0.771. The third kappa shape index (κ3) is 2.56. The van der Waals surface area contributed by atoms with E-state index in [4.69, 9.17) is 16.1 Å². The first-order valence-corrected chi connectivity index (χ1v) is 6.06. The van der Waals surface area contributed by atoms with Gasteiger partial charge in [-0.25, -0.2) is 0 Å². The molecule has 1 unspecified atom stereocenters. The second-order valence-corrected chi connectivity index (χ2v) is 4.49. The molecule has 2 aromatic heterocycles. The minimum atomic E-state index is -0.175. The molecule has 0 aliphatic carbocycles. The van der Waals surface area contributed by atoms with Crippen molar-refractivity contribution in [3.8, 4) is 11.5 Å². The Morgan fingerprint density at radius 1 is 1.42 bits per heavy atom. The van der Waals surface area contributed by atoms with Gasteiger partial charge in [-0.3, -0.25) is 15.1 Å². The second kappa shape index (κ2) is 4.94. The fraction of sp³-hybridized carbons (Fsp3) is 0.273. The van der Waals surface area contributed by atoms with Crippen molar-refractivity contribution in [1.82, 2.24) is 25.8 Å². The average molecular weight is 280 g/mol. The zero-order valence-corrected chi connectivity index (χ0v) is 10.5. The van der Waals surface area contributed by atoms with Crippen LogP contribution in [0.3, 0.4) is 0 Å². The molecular formula is C11H10ClN5O2. The molecule has 1 amide bonds. The molecule has 98 valence electrons. The maximum atomic E-state index is 11.0. The van der Waals surface area contributed by atoms with E-state index in [-0.39, 0.29) is 18.5 Å². The van der Waals surface area contributed by atoms with E-state index in [1.54, 1.807) is 12.1 Å². The maximum Gasteiger partial charge on any atom is 0.245 e. The first-order valence-electron chi connectivity index (χ1n) is 5.68. The van der Waals surface area contributed by atoms with Gasteiger partial charge in [-0.15, -0.1) is 0 Å². The number of halogens is 1. The molecule has 1 aliphatic heterocycles. The summed E-state index contributed by atoms with van der Waals surface area (Å²) in [6, 6.07) is 3.25. The van der Waals surface area contributed by atoms with Crippen molar-refractivity contribution in [2.24, 2.45) is 0 Å². The number of carbonyl (C=O) groups excluding carboxylic acids is 1. The van der Waals surface area contributed by atoms with E-state index < -0.39 is 0 Å². The van der Waals surface area contributed by atoms with Gasteiger partial charge in [0.25, 0.3) is 0 Å².